The van der Waals surface area contributed by atoms with Gasteiger partial charge in [-0.25, -0.2) is 4.79 Å². The second kappa shape index (κ2) is 8.78. The molecule has 0 unspecified atom stereocenters. The van der Waals surface area contributed by atoms with Gasteiger partial charge in [0.1, 0.15) is 5.60 Å². The number of nitrogens with one attached hydrogen (secondary N) is 1. The molecular weight excluding hydrogens is 344 g/mol. The maximum atomic E-state index is 12.6. The van der Waals surface area contributed by atoms with Crippen molar-refractivity contribution in [1.82, 2.24) is 20.0 Å². The van der Waals surface area contributed by atoms with Crippen LogP contribution >= 0.6 is 0 Å². The van der Waals surface area contributed by atoms with Crippen LogP contribution in [0.4, 0.5) is 4.79 Å². The molecule has 0 spiro atoms. The van der Waals surface area contributed by atoms with Crippen molar-refractivity contribution in [2.24, 2.45) is 0 Å². The Morgan fingerprint density at radius 1 is 0.963 bits per heavy atom. The summed E-state index contributed by atoms with van der Waals surface area (Å²) in [6.45, 7) is 11.6. The van der Waals surface area contributed by atoms with Crippen LogP contribution < -0.4 is 5.32 Å². The van der Waals surface area contributed by atoms with Gasteiger partial charge in [0.25, 0.3) is 0 Å². The number of piperidine rings is 1. The Bertz CT molecular complexity index is 514. The first-order valence-electron chi connectivity index (χ1n) is 10.5. The molecule has 1 N–H and O–H groups in total. The Morgan fingerprint density at radius 2 is 1.59 bits per heavy atom. The zero-order chi connectivity index (χ0) is 19.4. The van der Waals surface area contributed by atoms with Gasteiger partial charge in [-0.2, -0.15) is 0 Å². The Labute approximate surface area is 163 Å². The van der Waals surface area contributed by atoms with E-state index < -0.39 is 5.60 Å². The van der Waals surface area contributed by atoms with Gasteiger partial charge in [0, 0.05) is 51.4 Å². The normalized spacial score (nSPS) is 23.7. The van der Waals surface area contributed by atoms with E-state index in [4.69, 9.17) is 4.74 Å². The number of amides is 2. The molecule has 2 saturated heterocycles. The van der Waals surface area contributed by atoms with E-state index in [1.54, 1.807) is 0 Å². The molecular formula is C20H36N4O3. The lowest BCUT2D eigenvalue weighted by Crippen LogP contribution is -2.55. The second-order valence-electron chi connectivity index (χ2n) is 9.20. The van der Waals surface area contributed by atoms with Gasteiger partial charge in [-0.1, -0.05) is 6.42 Å². The van der Waals surface area contributed by atoms with E-state index in [-0.39, 0.29) is 18.0 Å². The quantitative estimate of drug-likeness (QED) is 0.804. The highest BCUT2D eigenvalue weighted by atomic mass is 16.6. The van der Waals surface area contributed by atoms with Gasteiger partial charge in [-0.3, -0.25) is 14.6 Å². The number of alkyl carbamates (subject to hydrolysis) is 1. The predicted molar refractivity (Wildman–Crippen MR) is 105 cm³/mol. The predicted octanol–water partition coefficient (Wildman–Crippen LogP) is 1.67. The van der Waals surface area contributed by atoms with E-state index in [2.05, 4.69) is 15.1 Å². The molecule has 7 heteroatoms. The molecule has 0 aromatic carbocycles. The highest BCUT2D eigenvalue weighted by Gasteiger charge is 2.30. The van der Waals surface area contributed by atoms with Crippen LogP contribution in [0.2, 0.25) is 0 Å². The first kappa shape index (κ1) is 20.4. The lowest BCUT2D eigenvalue weighted by atomic mass is 9.91. The van der Waals surface area contributed by atoms with Gasteiger partial charge in [-0.15, -0.1) is 0 Å². The number of likely N-dealkylation sites (tertiary alicyclic amines) is 1. The first-order valence-corrected chi connectivity index (χ1v) is 10.5. The number of hydrogen-bond acceptors (Lipinski definition) is 5. The molecule has 0 radical (unpaired) electrons. The molecule has 1 aliphatic carbocycles. The molecule has 1 saturated carbocycles. The van der Waals surface area contributed by atoms with Crippen molar-refractivity contribution in [1.29, 1.82) is 0 Å². The van der Waals surface area contributed by atoms with Crippen LogP contribution in [0.3, 0.4) is 0 Å². The topological polar surface area (TPSA) is 65.1 Å². The largest absolute Gasteiger partial charge is 0.444 e. The van der Waals surface area contributed by atoms with Crippen LogP contribution in [0.5, 0.6) is 0 Å². The van der Waals surface area contributed by atoms with Crippen molar-refractivity contribution < 1.29 is 14.3 Å². The fourth-order valence-corrected chi connectivity index (χ4v) is 4.09. The Morgan fingerprint density at radius 3 is 2.11 bits per heavy atom. The summed E-state index contributed by atoms with van der Waals surface area (Å²) in [7, 11) is 0. The van der Waals surface area contributed by atoms with E-state index in [9.17, 15) is 9.59 Å². The molecule has 0 bridgehead atoms. The summed E-state index contributed by atoms with van der Waals surface area (Å²) in [6, 6.07) is 0.913. The lowest BCUT2D eigenvalue weighted by Gasteiger charge is -2.43. The van der Waals surface area contributed by atoms with Gasteiger partial charge >= 0.3 is 6.09 Å². The van der Waals surface area contributed by atoms with Crippen LogP contribution in [0.15, 0.2) is 0 Å². The van der Waals surface area contributed by atoms with Crippen molar-refractivity contribution in [3.63, 3.8) is 0 Å². The van der Waals surface area contributed by atoms with E-state index in [0.29, 0.717) is 6.54 Å². The van der Waals surface area contributed by atoms with Crippen LogP contribution in [-0.2, 0) is 9.53 Å². The maximum Gasteiger partial charge on any atom is 0.407 e. The standard InChI is InChI=1S/C20H36N4O3/c1-20(2,3)27-19(26)21-16-7-9-22(10-8-16)15-18(25)24-13-11-23(12-14-24)17-5-4-6-17/h16-17H,4-15H2,1-3H3,(H,21,26). The lowest BCUT2D eigenvalue weighted by molar-refractivity contribution is -0.135. The van der Waals surface area contributed by atoms with Crippen molar-refractivity contribution in [3.8, 4) is 0 Å². The molecule has 0 atom stereocenters. The van der Waals surface area contributed by atoms with E-state index in [1.807, 2.05) is 25.7 Å². The van der Waals surface area contributed by atoms with Crippen molar-refractivity contribution in [2.75, 3.05) is 45.8 Å². The third-order valence-electron chi connectivity index (χ3n) is 5.93. The van der Waals surface area contributed by atoms with E-state index in [0.717, 1.165) is 58.2 Å². The first-order chi connectivity index (χ1) is 12.8. The van der Waals surface area contributed by atoms with Gasteiger partial charge in [0.2, 0.25) is 5.91 Å². The molecule has 0 aromatic heterocycles. The number of carbonyl (C=O) groups excluding carboxylic acids is 2. The highest BCUT2D eigenvalue weighted by Crippen LogP contribution is 2.25. The van der Waals surface area contributed by atoms with Crippen molar-refractivity contribution in [3.05, 3.63) is 0 Å². The average Bonchev–Trinajstić information content (AvgIpc) is 2.54. The second-order valence-corrected chi connectivity index (χ2v) is 9.20. The summed E-state index contributed by atoms with van der Waals surface area (Å²) >= 11 is 0. The van der Waals surface area contributed by atoms with Gasteiger partial charge in [0.15, 0.2) is 0 Å². The number of nitrogens with zero attached hydrogens (tertiary/aromatic N) is 3. The summed E-state index contributed by atoms with van der Waals surface area (Å²) in [5.74, 6) is 0.252. The zero-order valence-corrected chi connectivity index (χ0v) is 17.2. The third-order valence-corrected chi connectivity index (χ3v) is 5.93. The van der Waals surface area contributed by atoms with E-state index >= 15 is 0 Å². The molecule has 7 nitrogen and oxygen atoms in total. The fraction of sp³-hybridized carbons (Fsp3) is 0.900. The Hall–Kier alpha value is -1.34. The van der Waals surface area contributed by atoms with Crippen molar-refractivity contribution in [2.45, 2.75) is 70.6 Å². The number of ether oxygens (including phenoxy) is 1. The third kappa shape index (κ3) is 6.07. The average molecular weight is 381 g/mol. The van der Waals surface area contributed by atoms with Crippen LogP contribution in [0.1, 0.15) is 52.9 Å². The summed E-state index contributed by atoms with van der Waals surface area (Å²) in [5, 5.41) is 2.95. The van der Waals surface area contributed by atoms with E-state index in [1.165, 1.54) is 19.3 Å². The Balaban J connectivity index is 1.33. The molecule has 3 fully saturated rings. The summed E-state index contributed by atoms with van der Waals surface area (Å²) in [5.41, 5.74) is -0.472. The van der Waals surface area contributed by atoms with Gasteiger partial charge in [0.05, 0.1) is 6.54 Å². The van der Waals surface area contributed by atoms with Crippen LogP contribution in [0, 0.1) is 0 Å². The molecule has 3 rings (SSSR count). The van der Waals surface area contributed by atoms with Crippen LogP contribution in [0.25, 0.3) is 0 Å². The number of hydrogen-bond donors (Lipinski definition) is 1. The molecule has 2 amide bonds. The van der Waals surface area contributed by atoms with Crippen LogP contribution in [-0.4, -0.2) is 90.2 Å². The summed E-state index contributed by atoms with van der Waals surface area (Å²) < 4.78 is 5.32. The monoisotopic (exact) mass is 380 g/mol. The van der Waals surface area contributed by atoms with Crippen molar-refractivity contribution >= 4 is 12.0 Å². The summed E-state index contributed by atoms with van der Waals surface area (Å²) in [6.07, 6.45) is 5.41. The minimum absolute atomic E-state index is 0.136. The minimum atomic E-state index is -0.472. The number of rotatable bonds is 4. The SMILES string of the molecule is CC(C)(C)OC(=O)NC1CCN(CC(=O)N2CCN(C3CCC3)CC2)CC1. The molecule has 27 heavy (non-hydrogen) atoms. The fourth-order valence-electron chi connectivity index (χ4n) is 4.09. The zero-order valence-electron chi connectivity index (χ0n) is 17.2. The maximum absolute atomic E-state index is 12.6. The highest BCUT2D eigenvalue weighted by molar-refractivity contribution is 5.78. The molecule has 0 aromatic rings. The smallest absolute Gasteiger partial charge is 0.407 e. The summed E-state index contributed by atoms with van der Waals surface area (Å²) in [4.78, 5) is 31.3. The molecule has 154 valence electrons. The molecule has 2 aliphatic heterocycles. The minimum Gasteiger partial charge on any atom is -0.444 e. The Kier molecular flexibility index (Phi) is 6.63. The number of piperazine rings is 1. The molecule has 3 aliphatic rings. The number of carbonyl (C=O) groups is 2. The van der Waals surface area contributed by atoms with Gasteiger partial charge < -0.3 is 15.0 Å². The molecule has 2 heterocycles. The van der Waals surface area contributed by atoms with Gasteiger partial charge in [-0.05, 0) is 46.5 Å².